The van der Waals surface area contributed by atoms with Crippen LogP contribution >= 0.6 is 12.4 Å². The molecule has 0 radical (unpaired) electrons. The molecule has 2 rings (SSSR count). The summed E-state index contributed by atoms with van der Waals surface area (Å²) in [6, 6.07) is 5.11. The first-order valence-electron chi connectivity index (χ1n) is 4.58. The van der Waals surface area contributed by atoms with Crippen LogP contribution in [0.25, 0.3) is 0 Å². The molecule has 0 amide bonds. The van der Waals surface area contributed by atoms with Crippen molar-refractivity contribution in [3.63, 3.8) is 0 Å². The summed E-state index contributed by atoms with van der Waals surface area (Å²) in [6.07, 6.45) is 0. The summed E-state index contributed by atoms with van der Waals surface area (Å²) in [5.41, 5.74) is 6.53. The van der Waals surface area contributed by atoms with Crippen LogP contribution in [0.2, 0.25) is 0 Å². The van der Waals surface area contributed by atoms with Crippen LogP contribution in [0.1, 0.15) is 11.6 Å². The molecule has 3 N–H and O–H groups in total. The van der Waals surface area contributed by atoms with Gasteiger partial charge in [-0.25, -0.2) is 0 Å². The van der Waals surface area contributed by atoms with Crippen molar-refractivity contribution in [2.75, 3.05) is 19.8 Å². The van der Waals surface area contributed by atoms with Gasteiger partial charge in [-0.3, -0.25) is 0 Å². The lowest BCUT2D eigenvalue weighted by Crippen LogP contribution is -2.21. The first kappa shape index (κ1) is 12.1. The van der Waals surface area contributed by atoms with Gasteiger partial charge in [-0.05, 0) is 6.07 Å². The predicted molar refractivity (Wildman–Crippen MR) is 58.7 cm³/mol. The van der Waals surface area contributed by atoms with Crippen LogP contribution in [0, 0.1) is 0 Å². The van der Waals surface area contributed by atoms with Crippen molar-refractivity contribution in [3.8, 4) is 11.5 Å². The monoisotopic (exact) mass is 231 g/mol. The number of aliphatic hydroxyl groups excluding tert-OH is 1. The van der Waals surface area contributed by atoms with Gasteiger partial charge >= 0.3 is 0 Å². The summed E-state index contributed by atoms with van der Waals surface area (Å²) in [6.45, 7) is 0.993. The number of nitrogens with two attached hydrogens (primary N) is 1. The van der Waals surface area contributed by atoms with E-state index in [-0.39, 0.29) is 19.0 Å². The van der Waals surface area contributed by atoms with Gasteiger partial charge in [-0.1, -0.05) is 12.1 Å². The molecule has 4 nitrogen and oxygen atoms in total. The van der Waals surface area contributed by atoms with Crippen LogP contribution in [-0.4, -0.2) is 24.9 Å². The van der Waals surface area contributed by atoms with Gasteiger partial charge in [0.1, 0.15) is 13.2 Å². The molecule has 0 fully saturated rings. The third kappa shape index (κ3) is 2.34. The van der Waals surface area contributed by atoms with Gasteiger partial charge in [0.15, 0.2) is 11.5 Å². The quantitative estimate of drug-likeness (QED) is 0.793. The molecule has 1 aromatic carbocycles. The Labute approximate surface area is 94.4 Å². The van der Waals surface area contributed by atoms with Crippen LogP contribution in [0.5, 0.6) is 11.5 Å². The minimum atomic E-state index is -0.411. The molecule has 0 saturated heterocycles. The minimum absolute atomic E-state index is 0. The fraction of sp³-hybridized carbons (Fsp3) is 0.400. The summed E-state index contributed by atoms with van der Waals surface area (Å²) in [4.78, 5) is 0. The lowest BCUT2D eigenvalue weighted by atomic mass is 10.1. The standard InChI is InChI=1S/C10H13NO3.ClH/c11-8(6-12)7-2-1-3-9-10(7)14-5-4-13-9;/h1-3,8,12H,4-6,11H2;1H/t8-;/m1./s1. The topological polar surface area (TPSA) is 64.7 Å². The van der Waals surface area contributed by atoms with Crippen LogP contribution in [0.15, 0.2) is 18.2 Å². The number of aliphatic hydroxyl groups is 1. The number of hydrogen-bond acceptors (Lipinski definition) is 4. The van der Waals surface area contributed by atoms with Gasteiger partial charge in [-0.15, -0.1) is 12.4 Å². The van der Waals surface area contributed by atoms with E-state index in [0.717, 1.165) is 5.56 Å². The Morgan fingerprint density at radius 3 is 2.80 bits per heavy atom. The fourth-order valence-electron chi connectivity index (χ4n) is 1.49. The van der Waals surface area contributed by atoms with E-state index in [1.54, 1.807) is 0 Å². The highest BCUT2D eigenvalue weighted by atomic mass is 35.5. The van der Waals surface area contributed by atoms with Crippen molar-refractivity contribution in [3.05, 3.63) is 23.8 Å². The van der Waals surface area contributed by atoms with Gasteiger partial charge in [0, 0.05) is 5.56 Å². The molecule has 5 heteroatoms. The third-order valence-electron chi connectivity index (χ3n) is 2.19. The second-order valence-corrected chi connectivity index (χ2v) is 3.16. The number of para-hydroxylation sites is 1. The number of fused-ring (bicyclic) bond motifs is 1. The normalized spacial score (nSPS) is 15.3. The van der Waals surface area contributed by atoms with Gasteiger partial charge in [0.25, 0.3) is 0 Å². The summed E-state index contributed by atoms with van der Waals surface area (Å²) >= 11 is 0. The van der Waals surface area contributed by atoms with Crippen molar-refractivity contribution < 1.29 is 14.6 Å². The zero-order valence-electron chi connectivity index (χ0n) is 8.18. The van der Waals surface area contributed by atoms with E-state index in [0.29, 0.717) is 24.7 Å². The maximum atomic E-state index is 8.97. The summed E-state index contributed by atoms with van der Waals surface area (Å²) in [5.74, 6) is 1.37. The lowest BCUT2D eigenvalue weighted by molar-refractivity contribution is 0.167. The van der Waals surface area contributed by atoms with Crippen LogP contribution in [-0.2, 0) is 0 Å². The van der Waals surface area contributed by atoms with Crippen LogP contribution in [0.4, 0.5) is 0 Å². The molecule has 15 heavy (non-hydrogen) atoms. The number of hydrogen-bond donors (Lipinski definition) is 2. The van der Waals surface area contributed by atoms with Crippen molar-refractivity contribution in [2.24, 2.45) is 5.73 Å². The Balaban J connectivity index is 0.00000112. The van der Waals surface area contributed by atoms with E-state index in [1.165, 1.54) is 0 Å². The molecule has 0 aromatic heterocycles. The molecule has 1 aliphatic rings. The van der Waals surface area contributed by atoms with E-state index in [1.807, 2.05) is 18.2 Å². The molecule has 1 aromatic rings. The molecule has 0 unspecified atom stereocenters. The smallest absolute Gasteiger partial charge is 0.166 e. The van der Waals surface area contributed by atoms with E-state index in [9.17, 15) is 0 Å². The molecule has 0 spiro atoms. The van der Waals surface area contributed by atoms with Gasteiger partial charge in [0.2, 0.25) is 0 Å². The van der Waals surface area contributed by atoms with Gasteiger partial charge < -0.3 is 20.3 Å². The molecular formula is C10H14ClNO3. The predicted octanol–water partition coefficient (Wildman–Crippen LogP) is 0.872. The van der Waals surface area contributed by atoms with Crippen LogP contribution < -0.4 is 15.2 Å². The number of benzene rings is 1. The summed E-state index contributed by atoms with van der Waals surface area (Å²) in [7, 11) is 0. The van der Waals surface area contributed by atoms with Crippen molar-refractivity contribution >= 4 is 12.4 Å². The second-order valence-electron chi connectivity index (χ2n) is 3.16. The molecule has 0 bridgehead atoms. The van der Waals surface area contributed by atoms with Gasteiger partial charge in [0.05, 0.1) is 12.6 Å². The zero-order chi connectivity index (χ0) is 9.97. The zero-order valence-corrected chi connectivity index (χ0v) is 9.00. The largest absolute Gasteiger partial charge is 0.486 e. The minimum Gasteiger partial charge on any atom is -0.486 e. The second kappa shape index (κ2) is 5.21. The molecule has 1 heterocycles. The van der Waals surface area contributed by atoms with Crippen molar-refractivity contribution in [1.82, 2.24) is 0 Å². The fourth-order valence-corrected chi connectivity index (χ4v) is 1.49. The van der Waals surface area contributed by atoms with Gasteiger partial charge in [-0.2, -0.15) is 0 Å². The molecular weight excluding hydrogens is 218 g/mol. The average Bonchev–Trinajstić information content (AvgIpc) is 2.27. The summed E-state index contributed by atoms with van der Waals surface area (Å²) in [5, 5.41) is 8.97. The first-order chi connectivity index (χ1) is 6.83. The highest BCUT2D eigenvalue weighted by Gasteiger charge is 2.18. The Hall–Kier alpha value is -0.970. The Morgan fingerprint density at radius 1 is 1.33 bits per heavy atom. The summed E-state index contributed by atoms with van der Waals surface area (Å²) < 4.78 is 10.9. The number of ether oxygens (including phenoxy) is 2. The average molecular weight is 232 g/mol. The highest BCUT2D eigenvalue weighted by molar-refractivity contribution is 5.85. The van der Waals surface area contributed by atoms with E-state index >= 15 is 0 Å². The van der Waals surface area contributed by atoms with E-state index < -0.39 is 6.04 Å². The van der Waals surface area contributed by atoms with E-state index in [2.05, 4.69) is 0 Å². The Morgan fingerprint density at radius 2 is 2.07 bits per heavy atom. The molecule has 0 aliphatic carbocycles. The maximum absolute atomic E-state index is 8.97. The van der Waals surface area contributed by atoms with Crippen molar-refractivity contribution in [2.45, 2.75) is 6.04 Å². The van der Waals surface area contributed by atoms with Crippen molar-refractivity contribution in [1.29, 1.82) is 0 Å². The molecule has 0 saturated carbocycles. The Bertz CT molecular complexity index is 332. The maximum Gasteiger partial charge on any atom is 0.166 e. The SMILES string of the molecule is Cl.N[C@H](CO)c1cccc2c1OCCO2. The number of halogens is 1. The third-order valence-corrected chi connectivity index (χ3v) is 2.19. The first-order valence-corrected chi connectivity index (χ1v) is 4.58. The molecule has 1 atom stereocenters. The molecule has 84 valence electrons. The van der Waals surface area contributed by atoms with E-state index in [4.69, 9.17) is 20.3 Å². The molecule has 1 aliphatic heterocycles. The highest BCUT2D eigenvalue weighted by Crippen LogP contribution is 2.35. The number of rotatable bonds is 2. The Kier molecular flexibility index (Phi) is 4.20. The van der Waals surface area contributed by atoms with Crippen LogP contribution in [0.3, 0.4) is 0 Å². The lowest BCUT2D eigenvalue weighted by Gasteiger charge is -2.22.